The molecule has 3 nitrogen and oxygen atoms in total. The molecule has 0 saturated carbocycles. The van der Waals surface area contributed by atoms with E-state index in [0.717, 1.165) is 38.5 Å². The molecule has 4 heteroatoms. The van der Waals surface area contributed by atoms with Crippen LogP contribution in [-0.4, -0.2) is 30.4 Å². The lowest BCUT2D eigenvalue weighted by molar-refractivity contribution is -0.121. The van der Waals surface area contributed by atoms with Crippen molar-refractivity contribution >= 4 is 17.5 Å². The van der Waals surface area contributed by atoms with E-state index in [9.17, 15) is 4.79 Å². The molecule has 20 heavy (non-hydrogen) atoms. The van der Waals surface area contributed by atoms with Crippen LogP contribution in [0.2, 0.25) is 0 Å². The largest absolute Gasteiger partial charge is 0.487 e. The van der Waals surface area contributed by atoms with Crippen LogP contribution in [0, 0.1) is 0 Å². The van der Waals surface area contributed by atoms with Crippen molar-refractivity contribution < 1.29 is 14.3 Å². The number of unbranched alkanes of at least 4 members (excludes halogenated alkanes) is 2. The molecule has 116 valence electrons. The third-order valence-electron chi connectivity index (χ3n) is 3.59. The van der Waals surface area contributed by atoms with Crippen LogP contribution in [0.1, 0.15) is 59.3 Å². The number of hydrogen-bond acceptors (Lipinski definition) is 4. The quantitative estimate of drug-likeness (QED) is 0.532. The highest BCUT2D eigenvalue weighted by Crippen LogP contribution is 2.45. The zero-order valence-corrected chi connectivity index (χ0v) is 13.9. The van der Waals surface area contributed by atoms with E-state index in [2.05, 4.69) is 13.8 Å². The van der Waals surface area contributed by atoms with Crippen LogP contribution < -0.4 is 0 Å². The Balaban J connectivity index is 2.54. The molecule has 0 fully saturated rings. The second kappa shape index (κ2) is 9.46. The minimum Gasteiger partial charge on any atom is -0.487 e. The number of carbonyl (C=O) groups excluding carboxylic acids is 1. The number of rotatable bonds is 11. The minimum atomic E-state index is -0.257. The molecule has 1 aliphatic heterocycles. The summed E-state index contributed by atoms with van der Waals surface area (Å²) in [5, 5.41) is 1.92. The molecule has 0 bridgehead atoms. The SMILES string of the molecule is CCCCC1(CCCC)SC=C(OCCOCC)C1=O. The molecule has 1 rings (SSSR count). The Morgan fingerprint density at radius 1 is 1.10 bits per heavy atom. The van der Waals surface area contributed by atoms with Gasteiger partial charge in [0.1, 0.15) is 6.61 Å². The van der Waals surface area contributed by atoms with E-state index in [1.54, 1.807) is 11.8 Å². The molecule has 1 aliphatic rings. The topological polar surface area (TPSA) is 35.5 Å². The van der Waals surface area contributed by atoms with Crippen molar-refractivity contribution in [1.82, 2.24) is 0 Å². The number of hydrogen-bond donors (Lipinski definition) is 0. The molecule has 0 atom stereocenters. The van der Waals surface area contributed by atoms with Crippen molar-refractivity contribution in [3.05, 3.63) is 11.2 Å². The maximum Gasteiger partial charge on any atom is 0.214 e. The van der Waals surface area contributed by atoms with E-state index in [1.165, 1.54) is 0 Å². The van der Waals surface area contributed by atoms with Gasteiger partial charge in [-0.25, -0.2) is 0 Å². The van der Waals surface area contributed by atoms with Crippen molar-refractivity contribution in [1.29, 1.82) is 0 Å². The van der Waals surface area contributed by atoms with Crippen LogP contribution in [0.4, 0.5) is 0 Å². The monoisotopic (exact) mass is 300 g/mol. The summed E-state index contributed by atoms with van der Waals surface area (Å²) in [7, 11) is 0. The second-order valence-corrected chi connectivity index (χ2v) is 6.43. The van der Waals surface area contributed by atoms with Gasteiger partial charge in [-0.3, -0.25) is 4.79 Å². The van der Waals surface area contributed by atoms with Gasteiger partial charge in [0.05, 0.1) is 11.4 Å². The number of carbonyl (C=O) groups is 1. The van der Waals surface area contributed by atoms with Gasteiger partial charge in [0.25, 0.3) is 0 Å². The van der Waals surface area contributed by atoms with Crippen LogP contribution >= 0.6 is 11.8 Å². The van der Waals surface area contributed by atoms with E-state index in [-0.39, 0.29) is 10.5 Å². The fourth-order valence-electron chi connectivity index (χ4n) is 2.35. The summed E-state index contributed by atoms with van der Waals surface area (Å²) in [6, 6.07) is 0. The van der Waals surface area contributed by atoms with Gasteiger partial charge in [0, 0.05) is 12.0 Å². The van der Waals surface area contributed by atoms with Gasteiger partial charge in [0.15, 0.2) is 5.76 Å². The maximum absolute atomic E-state index is 12.6. The number of ether oxygens (including phenoxy) is 2. The van der Waals surface area contributed by atoms with Crippen LogP contribution in [0.25, 0.3) is 0 Å². The average molecular weight is 300 g/mol. The Kier molecular flexibility index (Phi) is 8.31. The molecule has 0 spiro atoms. The Morgan fingerprint density at radius 2 is 1.75 bits per heavy atom. The van der Waals surface area contributed by atoms with Crippen molar-refractivity contribution in [2.24, 2.45) is 0 Å². The molecular weight excluding hydrogens is 272 g/mol. The minimum absolute atomic E-state index is 0.195. The van der Waals surface area contributed by atoms with Crippen LogP contribution in [-0.2, 0) is 14.3 Å². The van der Waals surface area contributed by atoms with Crippen molar-refractivity contribution in [3.8, 4) is 0 Å². The molecule has 0 aromatic carbocycles. The summed E-state index contributed by atoms with van der Waals surface area (Å²) in [6.45, 7) is 7.99. The summed E-state index contributed by atoms with van der Waals surface area (Å²) in [5.74, 6) is 0.739. The highest BCUT2D eigenvalue weighted by Gasteiger charge is 2.44. The van der Waals surface area contributed by atoms with Gasteiger partial charge in [-0.1, -0.05) is 39.5 Å². The van der Waals surface area contributed by atoms with Gasteiger partial charge in [-0.2, -0.15) is 0 Å². The first kappa shape index (κ1) is 17.6. The molecule has 0 aliphatic carbocycles. The fraction of sp³-hybridized carbons (Fsp3) is 0.812. The van der Waals surface area contributed by atoms with Crippen LogP contribution in [0.3, 0.4) is 0 Å². The van der Waals surface area contributed by atoms with Gasteiger partial charge >= 0.3 is 0 Å². The van der Waals surface area contributed by atoms with Crippen molar-refractivity contribution in [3.63, 3.8) is 0 Å². The predicted molar refractivity (Wildman–Crippen MR) is 84.9 cm³/mol. The molecule has 0 radical (unpaired) electrons. The Bertz CT molecular complexity index is 318. The molecule has 0 N–H and O–H groups in total. The molecule has 1 heterocycles. The van der Waals surface area contributed by atoms with E-state index >= 15 is 0 Å². The first-order chi connectivity index (χ1) is 9.70. The Morgan fingerprint density at radius 3 is 2.30 bits per heavy atom. The lowest BCUT2D eigenvalue weighted by Gasteiger charge is -2.26. The standard InChI is InChI=1S/C16H28O3S/c1-4-7-9-16(10-8-5-2)15(17)14(13-20-16)19-12-11-18-6-3/h13H,4-12H2,1-3H3. The Labute approximate surface area is 127 Å². The van der Waals surface area contributed by atoms with Crippen molar-refractivity contribution in [2.45, 2.75) is 64.0 Å². The molecule has 0 saturated heterocycles. The van der Waals surface area contributed by atoms with E-state index in [1.807, 2.05) is 12.3 Å². The molecular formula is C16H28O3S. The van der Waals surface area contributed by atoms with Crippen LogP contribution in [0.5, 0.6) is 0 Å². The summed E-state index contributed by atoms with van der Waals surface area (Å²) >= 11 is 1.67. The first-order valence-electron chi connectivity index (χ1n) is 7.83. The highest BCUT2D eigenvalue weighted by atomic mass is 32.2. The summed E-state index contributed by atoms with van der Waals surface area (Å²) in [4.78, 5) is 12.6. The number of allylic oxidation sites excluding steroid dienone is 1. The Hall–Kier alpha value is -0.480. The van der Waals surface area contributed by atoms with Gasteiger partial charge in [-0.05, 0) is 19.8 Å². The maximum atomic E-state index is 12.6. The first-order valence-corrected chi connectivity index (χ1v) is 8.71. The summed E-state index contributed by atoms with van der Waals surface area (Å²) in [5.41, 5.74) is 0. The van der Waals surface area contributed by atoms with Gasteiger partial charge < -0.3 is 9.47 Å². The number of Topliss-reactive ketones (excluding diaryl/α,β-unsaturated/α-hetero) is 1. The highest BCUT2D eigenvalue weighted by molar-refractivity contribution is 8.04. The number of ketones is 1. The second-order valence-electron chi connectivity index (χ2n) is 5.18. The molecule has 0 amide bonds. The average Bonchev–Trinajstić information content (AvgIpc) is 2.77. The third kappa shape index (κ3) is 4.81. The lowest BCUT2D eigenvalue weighted by Crippen LogP contribution is -2.33. The van der Waals surface area contributed by atoms with Gasteiger partial charge in [0.2, 0.25) is 5.78 Å². The van der Waals surface area contributed by atoms with Crippen molar-refractivity contribution in [2.75, 3.05) is 19.8 Å². The van der Waals surface area contributed by atoms with E-state index < -0.39 is 0 Å². The zero-order chi connectivity index (χ0) is 14.8. The van der Waals surface area contributed by atoms with E-state index in [0.29, 0.717) is 25.6 Å². The van der Waals surface area contributed by atoms with E-state index in [4.69, 9.17) is 9.47 Å². The smallest absolute Gasteiger partial charge is 0.214 e. The lowest BCUT2D eigenvalue weighted by atomic mass is 9.90. The molecule has 0 aromatic rings. The summed E-state index contributed by atoms with van der Waals surface area (Å²) in [6.07, 6.45) is 6.37. The van der Waals surface area contributed by atoms with Gasteiger partial charge in [-0.15, -0.1) is 11.8 Å². The third-order valence-corrected chi connectivity index (χ3v) is 4.96. The fourth-order valence-corrected chi connectivity index (χ4v) is 3.59. The zero-order valence-electron chi connectivity index (χ0n) is 13.1. The molecule has 0 unspecified atom stereocenters. The summed E-state index contributed by atoms with van der Waals surface area (Å²) < 4.78 is 10.6. The van der Waals surface area contributed by atoms with Crippen LogP contribution in [0.15, 0.2) is 11.2 Å². The predicted octanol–water partition coefficient (Wildman–Crippen LogP) is 4.32. The number of thioether (sulfide) groups is 1. The normalized spacial score (nSPS) is 17.4. The molecule has 0 aromatic heterocycles.